The summed E-state index contributed by atoms with van der Waals surface area (Å²) < 4.78 is 19.4. The van der Waals surface area contributed by atoms with Crippen molar-refractivity contribution in [2.45, 2.75) is 76.6 Å². The maximum Gasteiger partial charge on any atom is 0.408 e. The fourth-order valence-corrected chi connectivity index (χ4v) is 6.89. The van der Waals surface area contributed by atoms with Crippen LogP contribution >= 0.6 is 23.2 Å². The first-order valence-electron chi connectivity index (χ1n) is 16.7. The van der Waals surface area contributed by atoms with Crippen LogP contribution < -0.4 is 21.7 Å². The molecule has 1 aliphatic carbocycles. The molecule has 14 heteroatoms. The molecule has 3 aromatic carbocycles. The van der Waals surface area contributed by atoms with E-state index in [1.54, 1.807) is 37.3 Å². The van der Waals surface area contributed by atoms with E-state index in [1.807, 2.05) is 6.92 Å². The SMILES string of the molecule is CC[C@H](C)[C@H](NC(=O)[C@@]1(NC(=O)C(CCc2ccc(O)cc2)OC(=O)NCc2cccc(F)c2)CCc2[nH]c3c(Cl)cc(Cl)cc3c2C1)C(N)=O. The van der Waals surface area contributed by atoms with Gasteiger partial charge in [0.15, 0.2) is 6.10 Å². The molecule has 1 aliphatic rings. The third-order valence-corrected chi connectivity index (χ3v) is 9.92. The monoisotopic (exact) mass is 739 g/mol. The number of primary amides is 1. The Morgan fingerprint density at radius 3 is 2.51 bits per heavy atom. The number of fused-ring (bicyclic) bond motifs is 3. The first-order chi connectivity index (χ1) is 24.3. The summed E-state index contributed by atoms with van der Waals surface area (Å²) in [6, 6.07) is 14.4. The van der Waals surface area contributed by atoms with E-state index in [1.165, 1.54) is 30.3 Å². The maximum absolute atomic E-state index is 14.4. The van der Waals surface area contributed by atoms with Gasteiger partial charge in [-0.3, -0.25) is 14.4 Å². The van der Waals surface area contributed by atoms with Gasteiger partial charge in [-0.05, 0) is 84.7 Å². The molecule has 0 saturated heterocycles. The molecule has 7 N–H and O–H groups in total. The molecule has 11 nitrogen and oxygen atoms in total. The van der Waals surface area contributed by atoms with E-state index in [0.29, 0.717) is 44.9 Å². The highest BCUT2D eigenvalue weighted by Crippen LogP contribution is 2.38. The van der Waals surface area contributed by atoms with Gasteiger partial charge < -0.3 is 36.5 Å². The number of carbonyl (C=O) groups is 4. The topological polar surface area (TPSA) is 176 Å². The number of aromatic amines is 1. The smallest absolute Gasteiger partial charge is 0.408 e. The van der Waals surface area contributed by atoms with Gasteiger partial charge in [-0.1, -0.05) is 67.7 Å². The van der Waals surface area contributed by atoms with E-state index in [-0.39, 0.29) is 43.9 Å². The number of halogens is 3. The average molecular weight is 741 g/mol. The van der Waals surface area contributed by atoms with Crippen LogP contribution in [0.15, 0.2) is 60.7 Å². The van der Waals surface area contributed by atoms with Gasteiger partial charge in [0.1, 0.15) is 23.1 Å². The second kappa shape index (κ2) is 16.0. The Morgan fingerprint density at radius 1 is 1.08 bits per heavy atom. The quantitative estimate of drug-likeness (QED) is 0.104. The molecule has 0 fully saturated rings. The minimum Gasteiger partial charge on any atom is -0.508 e. The van der Waals surface area contributed by atoms with E-state index < -0.39 is 47.3 Å². The lowest BCUT2D eigenvalue weighted by Crippen LogP contribution is -2.66. The van der Waals surface area contributed by atoms with Crippen LogP contribution in [0.2, 0.25) is 10.0 Å². The highest BCUT2D eigenvalue weighted by atomic mass is 35.5. The molecule has 51 heavy (non-hydrogen) atoms. The number of nitrogens with one attached hydrogen (secondary N) is 4. The number of nitrogens with two attached hydrogens (primary N) is 1. The van der Waals surface area contributed by atoms with Crippen molar-refractivity contribution >= 4 is 57.9 Å². The molecule has 4 aromatic rings. The Hall–Kier alpha value is -4.81. The second-order valence-electron chi connectivity index (χ2n) is 13.0. The molecule has 0 bridgehead atoms. The Balaban J connectivity index is 1.46. The van der Waals surface area contributed by atoms with E-state index in [9.17, 15) is 28.7 Å². The lowest BCUT2D eigenvalue weighted by molar-refractivity contribution is -0.140. The molecule has 1 heterocycles. The molecule has 0 saturated carbocycles. The number of hydrogen-bond acceptors (Lipinski definition) is 6. The van der Waals surface area contributed by atoms with Crippen LogP contribution in [0.3, 0.4) is 0 Å². The predicted octanol–water partition coefficient (Wildman–Crippen LogP) is 5.61. The summed E-state index contributed by atoms with van der Waals surface area (Å²) in [4.78, 5) is 57.5. The number of alkyl carbamates (subject to hydrolysis) is 1. The van der Waals surface area contributed by atoms with Gasteiger partial charge in [-0.25, -0.2) is 9.18 Å². The number of amides is 4. The van der Waals surface area contributed by atoms with Crippen LogP contribution in [0.25, 0.3) is 10.9 Å². The van der Waals surface area contributed by atoms with Crippen LogP contribution in [0, 0.1) is 11.7 Å². The van der Waals surface area contributed by atoms with Crippen molar-refractivity contribution in [3.63, 3.8) is 0 Å². The highest BCUT2D eigenvalue weighted by Gasteiger charge is 2.46. The number of phenolic OH excluding ortho intramolecular Hbond substituents is 1. The largest absolute Gasteiger partial charge is 0.508 e. The summed E-state index contributed by atoms with van der Waals surface area (Å²) in [5, 5.41) is 19.4. The van der Waals surface area contributed by atoms with Gasteiger partial charge in [0, 0.05) is 29.1 Å². The zero-order valence-electron chi connectivity index (χ0n) is 28.2. The molecule has 5 rings (SSSR count). The number of hydrogen-bond donors (Lipinski definition) is 6. The molecule has 4 amide bonds. The number of H-pyrrole nitrogens is 1. The molecular weight excluding hydrogens is 700 g/mol. The molecule has 0 spiro atoms. The van der Waals surface area contributed by atoms with Crippen LogP contribution in [0.5, 0.6) is 5.75 Å². The maximum atomic E-state index is 14.4. The Bertz CT molecular complexity index is 1940. The standard InChI is InChI=1S/C37H40Cl2FN5O6/c1-3-20(2)31(33(41)47)44-35(49)37(14-13-29-27(18-37)26-16-23(38)17-28(39)32(26)43-29)45-34(48)30(12-9-21-7-10-25(46)11-8-21)51-36(50)42-19-22-5-4-6-24(40)15-22/h4-8,10-11,15-17,20,30-31,43,46H,3,9,12-14,18-19H2,1-2H3,(H2,41,47)(H,42,50)(H,44,49)(H,45,48)/t20-,30?,31-,37+/m0/s1. The van der Waals surface area contributed by atoms with Crippen LogP contribution in [0.1, 0.15) is 55.5 Å². The fraction of sp³-hybridized carbons (Fsp3) is 0.351. The fourth-order valence-electron chi connectivity index (χ4n) is 6.35. The molecule has 4 atom stereocenters. The number of rotatable bonds is 13. The van der Waals surface area contributed by atoms with E-state index >= 15 is 0 Å². The number of aromatic nitrogens is 1. The molecule has 270 valence electrons. The van der Waals surface area contributed by atoms with Crippen molar-refractivity contribution < 1.29 is 33.4 Å². The number of aryl methyl sites for hydroxylation is 2. The van der Waals surface area contributed by atoms with Gasteiger partial charge in [0.2, 0.25) is 11.8 Å². The third-order valence-electron chi connectivity index (χ3n) is 9.40. The summed E-state index contributed by atoms with van der Waals surface area (Å²) in [6.45, 7) is 3.60. The number of benzene rings is 3. The first kappa shape index (κ1) is 37.4. The van der Waals surface area contributed by atoms with Crippen molar-refractivity contribution in [1.29, 1.82) is 0 Å². The van der Waals surface area contributed by atoms with E-state index in [0.717, 1.165) is 11.3 Å². The van der Waals surface area contributed by atoms with E-state index in [4.69, 9.17) is 33.7 Å². The number of phenols is 1. The molecule has 1 aromatic heterocycles. The first-order valence-corrected chi connectivity index (χ1v) is 17.4. The molecule has 1 unspecified atom stereocenters. The van der Waals surface area contributed by atoms with E-state index in [2.05, 4.69) is 20.9 Å². The zero-order valence-corrected chi connectivity index (χ0v) is 29.7. The predicted molar refractivity (Wildman–Crippen MR) is 192 cm³/mol. The van der Waals surface area contributed by atoms with Crippen molar-refractivity contribution in [2.75, 3.05) is 0 Å². The van der Waals surface area contributed by atoms with Crippen molar-refractivity contribution in [2.24, 2.45) is 11.7 Å². The average Bonchev–Trinajstić information content (AvgIpc) is 3.46. The van der Waals surface area contributed by atoms with Crippen LogP contribution in [-0.4, -0.2) is 51.6 Å². The normalized spacial score (nSPS) is 17.1. The molecule has 0 aliphatic heterocycles. The van der Waals surface area contributed by atoms with Gasteiger partial charge in [0.05, 0.1) is 10.5 Å². The lowest BCUT2D eigenvalue weighted by Gasteiger charge is -2.39. The number of aromatic hydroxyl groups is 1. The van der Waals surface area contributed by atoms with Crippen molar-refractivity contribution in [1.82, 2.24) is 20.9 Å². The summed E-state index contributed by atoms with van der Waals surface area (Å²) in [5.74, 6) is -2.79. The van der Waals surface area contributed by atoms with Gasteiger partial charge >= 0.3 is 6.09 Å². The summed E-state index contributed by atoms with van der Waals surface area (Å²) in [5.41, 5.74) is 7.51. The van der Waals surface area contributed by atoms with Gasteiger partial charge in [-0.2, -0.15) is 0 Å². The Kier molecular flexibility index (Phi) is 11.8. The third kappa shape index (κ3) is 8.92. The van der Waals surface area contributed by atoms with Gasteiger partial charge in [-0.15, -0.1) is 0 Å². The highest BCUT2D eigenvalue weighted by molar-refractivity contribution is 6.38. The molecule has 0 radical (unpaired) electrons. The number of carbonyl (C=O) groups excluding carboxylic acids is 4. The zero-order chi connectivity index (χ0) is 36.9. The summed E-state index contributed by atoms with van der Waals surface area (Å²) in [7, 11) is 0. The summed E-state index contributed by atoms with van der Waals surface area (Å²) in [6.07, 6.45) is -1.03. The second-order valence-corrected chi connectivity index (χ2v) is 13.8. The summed E-state index contributed by atoms with van der Waals surface area (Å²) >= 11 is 12.9. The minimum absolute atomic E-state index is 0.000977. The minimum atomic E-state index is -1.60. The van der Waals surface area contributed by atoms with Crippen LogP contribution in [0.4, 0.5) is 9.18 Å². The Morgan fingerprint density at radius 2 is 1.82 bits per heavy atom. The Labute approximate surface area is 304 Å². The lowest BCUT2D eigenvalue weighted by atomic mass is 9.78. The van der Waals surface area contributed by atoms with Gasteiger partial charge in [0.25, 0.3) is 5.91 Å². The van der Waals surface area contributed by atoms with Crippen molar-refractivity contribution in [3.05, 3.63) is 98.9 Å². The number of ether oxygens (including phenoxy) is 1. The van der Waals surface area contributed by atoms with Crippen molar-refractivity contribution in [3.8, 4) is 5.75 Å². The molecular formula is C37H40Cl2FN5O6. The van der Waals surface area contributed by atoms with Crippen LogP contribution in [-0.2, 0) is 44.9 Å².